The summed E-state index contributed by atoms with van der Waals surface area (Å²) in [4.78, 5) is 15.1. The number of pyridine rings is 1. The molecule has 1 aromatic rings. The van der Waals surface area contributed by atoms with Crippen LogP contribution in [0.5, 0.6) is 0 Å². The molecule has 0 N–H and O–H groups in total. The first-order valence-electron chi connectivity index (χ1n) is 4.31. The molecule has 0 radical (unpaired) electrons. The van der Waals surface area contributed by atoms with Gasteiger partial charge in [0, 0.05) is 7.11 Å². The van der Waals surface area contributed by atoms with Crippen LogP contribution in [-0.4, -0.2) is 31.8 Å². The molecule has 0 fully saturated rings. The molecule has 0 aliphatic carbocycles. The van der Waals surface area contributed by atoms with E-state index in [1.165, 1.54) is 7.11 Å². The number of rotatable bonds is 2. The summed E-state index contributed by atoms with van der Waals surface area (Å²) in [5.74, 6) is 5.05. The molecule has 15 heavy (non-hydrogen) atoms. The minimum absolute atomic E-state index is 0.252. The van der Waals surface area contributed by atoms with E-state index in [4.69, 9.17) is 4.74 Å². The molecular formula is C11H11NO3. The first kappa shape index (κ1) is 11.2. The predicted molar refractivity (Wildman–Crippen MR) is 54.3 cm³/mol. The van der Waals surface area contributed by atoms with E-state index in [0.29, 0.717) is 12.3 Å². The average Bonchev–Trinajstić information content (AvgIpc) is 2.29. The Morgan fingerprint density at radius 3 is 2.93 bits per heavy atom. The fraction of sp³-hybridized carbons (Fsp3) is 0.273. The second-order valence-electron chi connectivity index (χ2n) is 2.63. The van der Waals surface area contributed by atoms with Crippen LogP contribution in [0.3, 0.4) is 0 Å². The van der Waals surface area contributed by atoms with Gasteiger partial charge in [-0.2, -0.15) is 0 Å². The van der Waals surface area contributed by atoms with Crippen molar-refractivity contribution >= 4 is 5.97 Å². The van der Waals surface area contributed by atoms with Crippen molar-refractivity contribution in [1.82, 2.24) is 4.98 Å². The van der Waals surface area contributed by atoms with Crippen LogP contribution >= 0.6 is 0 Å². The quantitative estimate of drug-likeness (QED) is 0.531. The van der Waals surface area contributed by atoms with Crippen LogP contribution in [0, 0.1) is 11.8 Å². The first-order chi connectivity index (χ1) is 7.27. The third kappa shape index (κ3) is 3.41. The number of carbonyl (C=O) groups is 1. The van der Waals surface area contributed by atoms with Gasteiger partial charge in [-0.15, -0.1) is 0 Å². The molecule has 0 aliphatic heterocycles. The van der Waals surface area contributed by atoms with Crippen LogP contribution < -0.4 is 0 Å². The average molecular weight is 205 g/mol. The number of nitrogens with zero attached hydrogens (tertiary/aromatic N) is 1. The number of carbonyl (C=O) groups excluding carboxylic acids is 1. The molecule has 78 valence electrons. The molecule has 1 heterocycles. The van der Waals surface area contributed by atoms with E-state index in [2.05, 4.69) is 21.6 Å². The van der Waals surface area contributed by atoms with Crippen molar-refractivity contribution in [3.63, 3.8) is 0 Å². The van der Waals surface area contributed by atoms with Gasteiger partial charge in [0.1, 0.15) is 18.0 Å². The van der Waals surface area contributed by atoms with E-state index in [9.17, 15) is 4.79 Å². The van der Waals surface area contributed by atoms with Crippen LogP contribution in [0.1, 0.15) is 16.2 Å². The van der Waals surface area contributed by atoms with Gasteiger partial charge < -0.3 is 9.47 Å². The van der Waals surface area contributed by atoms with Crippen molar-refractivity contribution in [1.29, 1.82) is 0 Å². The molecular weight excluding hydrogens is 194 g/mol. The van der Waals surface area contributed by atoms with Crippen LogP contribution in [-0.2, 0) is 9.47 Å². The van der Waals surface area contributed by atoms with Gasteiger partial charge in [0.2, 0.25) is 0 Å². The monoisotopic (exact) mass is 205 g/mol. The number of hydrogen-bond donors (Lipinski definition) is 0. The van der Waals surface area contributed by atoms with E-state index in [0.717, 1.165) is 0 Å². The number of esters is 1. The van der Waals surface area contributed by atoms with Crippen molar-refractivity contribution in [2.75, 3.05) is 20.8 Å². The largest absolute Gasteiger partial charge is 0.464 e. The van der Waals surface area contributed by atoms with Crippen molar-refractivity contribution in [2.45, 2.75) is 0 Å². The summed E-state index contributed by atoms with van der Waals surface area (Å²) in [6.45, 7) is 0.337. The highest BCUT2D eigenvalue weighted by atomic mass is 16.5. The van der Waals surface area contributed by atoms with E-state index in [-0.39, 0.29) is 5.69 Å². The zero-order valence-corrected chi connectivity index (χ0v) is 8.61. The lowest BCUT2D eigenvalue weighted by Crippen LogP contribution is -2.04. The molecule has 0 aromatic carbocycles. The molecule has 4 nitrogen and oxygen atoms in total. The molecule has 4 heteroatoms. The molecule has 0 amide bonds. The van der Waals surface area contributed by atoms with Crippen molar-refractivity contribution in [3.8, 4) is 11.8 Å². The minimum atomic E-state index is -0.467. The van der Waals surface area contributed by atoms with Gasteiger partial charge in [0.25, 0.3) is 0 Å². The van der Waals surface area contributed by atoms with Gasteiger partial charge in [-0.3, -0.25) is 0 Å². The zero-order chi connectivity index (χ0) is 11.1. The maximum Gasteiger partial charge on any atom is 0.356 e. The standard InChI is InChI=1S/C11H11NO3/c1-14-8-4-6-9-5-3-7-10(12-9)11(13)15-2/h3,5,7H,8H2,1-2H3. The number of hydrogen-bond acceptors (Lipinski definition) is 4. The van der Waals surface area contributed by atoms with Crippen molar-refractivity contribution < 1.29 is 14.3 Å². The van der Waals surface area contributed by atoms with Gasteiger partial charge in [-0.05, 0) is 18.1 Å². The topological polar surface area (TPSA) is 48.4 Å². The Bertz CT molecular complexity index is 404. The molecule has 0 spiro atoms. The number of methoxy groups -OCH3 is 2. The van der Waals surface area contributed by atoms with Crippen LogP contribution in [0.25, 0.3) is 0 Å². The zero-order valence-electron chi connectivity index (χ0n) is 8.61. The summed E-state index contributed by atoms with van der Waals surface area (Å²) in [7, 11) is 2.88. The fourth-order valence-electron chi connectivity index (χ4n) is 0.921. The lowest BCUT2D eigenvalue weighted by molar-refractivity contribution is 0.0594. The summed E-state index contributed by atoms with van der Waals surface area (Å²) >= 11 is 0. The van der Waals surface area contributed by atoms with Gasteiger partial charge in [-0.25, -0.2) is 9.78 Å². The third-order valence-electron chi connectivity index (χ3n) is 1.58. The van der Waals surface area contributed by atoms with Crippen molar-refractivity contribution in [3.05, 3.63) is 29.6 Å². The Morgan fingerprint density at radius 2 is 2.27 bits per heavy atom. The molecule has 0 atom stereocenters. The molecule has 1 rings (SSSR count). The third-order valence-corrected chi connectivity index (χ3v) is 1.58. The van der Waals surface area contributed by atoms with E-state index < -0.39 is 5.97 Å². The predicted octanol–water partition coefficient (Wildman–Crippen LogP) is 0.866. The Hall–Kier alpha value is -1.86. The van der Waals surface area contributed by atoms with Crippen LogP contribution in [0.2, 0.25) is 0 Å². The molecule has 1 aromatic heterocycles. The Balaban J connectivity index is 2.84. The fourth-order valence-corrected chi connectivity index (χ4v) is 0.921. The SMILES string of the molecule is COCC#Cc1cccc(C(=O)OC)n1. The summed E-state index contributed by atoms with van der Waals surface area (Å²) in [6.07, 6.45) is 0. The van der Waals surface area contributed by atoms with E-state index in [1.54, 1.807) is 25.3 Å². The molecule has 0 unspecified atom stereocenters. The lowest BCUT2D eigenvalue weighted by atomic mass is 10.3. The van der Waals surface area contributed by atoms with Gasteiger partial charge in [-0.1, -0.05) is 12.0 Å². The van der Waals surface area contributed by atoms with Gasteiger partial charge in [0.05, 0.1) is 7.11 Å². The van der Waals surface area contributed by atoms with E-state index >= 15 is 0 Å². The lowest BCUT2D eigenvalue weighted by Gasteiger charge is -1.97. The van der Waals surface area contributed by atoms with Gasteiger partial charge in [0.15, 0.2) is 0 Å². The molecule has 0 aliphatic rings. The van der Waals surface area contributed by atoms with E-state index in [1.807, 2.05) is 0 Å². The van der Waals surface area contributed by atoms with Gasteiger partial charge >= 0.3 is 5.97 Å². The number of ether oxygens (including phenoxy) is 2. The maximum absolute atomic E-state index is 11.1. The Labute approximate surface area is 88.2 Å². The number of aromatic nitrogens is 1. The van der Waals surface area contributed by atoms with Crippen LogP contribution in [0.15, 0.2) is 18.2 Å². The summed E-state index contributed by atoms with van der Waals surface area (Å²) in [5.41, 5.74) is 0.775. The normalized spacial score (nSPS) is 8.93. The second kappa shape index (κ2) is 5.78. The Kier molecular flexibility index (Phi) is 4.32. The minimum Gasteiger partial charge on any atom is -0.464 e. The summed E-state index contributed by atoms with van der Waals surface area (Å²) in [5, 5.41) is 0. The second-order valence-corrected chi connectivity index (χ2v) is 2.63. The van der Waals surface area contributed by atoms with Crippen LogP contribution in [0.4, 0.5) is 0 Å². The highest BCUT2D eigenvalue weighted by Gasteiger charge is 2.05. The highest BCUT2D eigenvalue weighted by molar-refractivity contribution is 5.87. The summed E-state index contributed by atoms with van der Waals surface area (Å²) < 4.78 is 9.31. The van der Waals surface area contributed by atoms with Crippen molar-refractivity contribution in [2.24, 2.45) is 0 Å². The first-order valence-corrected chi connectivity index (χ1v) is 4.31. The maximum atomic E-state index is 11.1. The molecule has 0 saturated heterocycles. The smallest absolute Gasteiger partial charge is 0.356 e. The Morgan fingerprint density at radius 1 is 1.47 bits per heavy atom. The molecule has 0 saturated carbocycles. The molecule has 0 bridgehead atoms. The highest BCUT2D eigenvalue weighted by Crippen LogP contribution is 1.99. The summed E-state index contributed by atoms with van der Waals surface area (Å²) in [6, 6.07) is 5.00.